The van der Waals surface area contributed by atoms with Gasteiger partial charge in [0.05, 0.1) is 12.6 Å². The zero-order valence-electron chi connectivity index (χ0n) is 10.9. The van der Waals surface area contributed by atoms with E-state index in [1.54, 1.807) is 7.11 Å². The van der Waals surface area contributed by atoms with E-state index in [4.69, 9.17) is 4.74 Å². The molecule has 1 unspecified atom stereocenters. The van der Waals surface area contributed by atoms with Crippen LogP contribution < -0.4 is 0 Å². The summed E-state index contributed by atoms with van der Waals surface area (Å²) in [6.45, 7) is 6.44. The van der Waals surface area contributed by atoms with E-state index in [2.05, 4.69) is 16.8 Å². The van der Waals surface area contributed by atoms with Crippen LogP contribution in [0.25, 0.3) is 0 Å². The van der Waals surface area contributed by atoms with Gasteiger partial charge in [0.1, 0.15) is 0 Å². The maximum absolute atomic E-state index is 12.2. The van der Waals surface area contributed by atoms with Crippen LogP contribution in [0, 0.1) is 0 Å². The minimum absolute atomic E-state index is 0.126. The van der Waals surface area contributed by atoms with E-state index in [1.807, 2.05) is 4.90 Å². The fraction of sp³-hybridized carbons (Fsp3) is 0.917. The molecule has 0 aromatic carbocycles. The summed E-state index contributed by atoms with van der Waals surface area (Å²) in [6, 6.07) is 0.126. The van der Waals surface area contributed by atoms with Crippen molar-refractivity contribution in [1.29, 1.82) is 0 Å². The monoisotopic (exact) mass is 241 g/mol. The maximum Gasteiger partial charge on any atom is 0.240 e. The Morgan fingerprint density at radius 1 is 1.24 bits per heavy atom. The molecular formula is C12H23N3O2. The molecule has 98 valence electrons. The van der Waals surface area contributed by atoms with Crippen molar-refractivity contribution >= 4 is 5.91 Å². The lowest BCUT2D eigenvalue weighted by Crippen LogP contribution is -2.51. The molecule has 2 aliphatic heterocycles. The smallest absolute Gasteiger partial charge is 0.240 e. The maximum atomic E-state index is 12.2. The van der Waals surface area contributed by atoms with Gasteiger partial charge < -0.3 is 14.5 Å². The minimum Gasteiger partial charge on any atom is -0.383 e. The summed E-state index contributed by atoms with van der Waals surface area (Å²) >= 11 is 0. The number of nitrogens with zero attached hydrogens (tertiary/aromatic N) is 3. The SMILES string of the molecule is COCCN1CCC(N2CCN(C)CC2)C1=O. The van der Waals surface area contributed by atoms with Gasteiger partial charge >= 0.3 is 0 Å². The average molecular weight is 241 g/mol. The second kappa shape index (κ2) is 5.80. The van der Waals surface area contributed by atoms with Gasteiger partial charge in [0.15, 0.2) is 0 Å². The number of ether oxygens (including phenoxy) is 1. The summed E-state index contributed by atoms with van der Waals surface area (Å²) in [5, 5.41) is 0. The molecule has 0 N–H and O–H groups in total. The van der Waals surface area contributed by atoms with E-state index >= 15 is 0 Å². The largest absolute Gasteiger partial charge is 0.383 e. The van der Waals surface area contributed by atoms with E-state index < -0.39 is 0 Å². The van der Waals surface area contributed by atoms with Gasteiger partial charge in [-0.2, -0.15) is 0 Å². The molecule has 2 saturated heterocycles. The summed E-state index contributed by atoms with van der Waals surface area (Å²) in [5.74, 6) is 0.298. The summed E-state index contributed by atoms with van der Waals surface area (Å²) in [4.78, 5) is 18.8. The van der Waals surface area contributed by atoms with Crippen LogP contribution in [0.15, 0.2) is 0 Å². The number of methoxy groups -OCH3 is 1. The van der Waals surface area contributed by atoms with Crippen LogP contribution >= 0.6 is 0 Å². The van der Waals surface area contributed by atoms with Gasteiger partial charge in [-0.3, -0.25) is 9.69 Å². The Morgan fingerprint density at radius 3 is 2.59 bits per heavy atom. The highest BCUT2D eigenvalue weighted by atomic mass is 16.5. The van der Waals surface area contributed by atoms with Crippen LogP contribution in [0.4, 0.5) is 0 Å². The lowest BCUT2D eigenvalue weighted by molar-refractivity contribution is -0.133. The number of hydrogen-bond donors (Lipinski definition) is 0. The zero-order chi connectivity index (χ0) is 12.3. The highest BCUT2D eigenvalue weighted by molar-refractivity contribution is 5.84. The lowest BCUT2D eigenvalue weighted by atomic mass is 10.2. The molecule has 5 nitrogen and oxygen atoms in total. The number of carbonyl (C=O) groups is 1. The van der Waals surface area contributed by atoms with Crippen molar-refractivity contribution < 1.29 is 9.53 Å². The molecule has 2 rings (SSSR count). The standard InChI is InChI=1S/C12H23N3O2/c1-13-5-7-14(8-6-13)11-3-4-15(12(11)16)9-10-17-2/h11H,3-10H2,1-2H3. The molecule has 1 amide bonds. The van der Waals surface area contributed by atoms with Crippen molar-refractivity contribution in [1.82, 2.24) is 14.7 Å². The number of likely N-dealkylation sites (N-methyl/N-ethyl adjacent to an activating group) is 1. The third-order valence-electron chi connectivity index (χ3n) is 3.81. The highest BCUT2D eigenvalue weighted by Gasteiger charge is 2.36. The second-order valence-electron chi connectivity index (χ2n) is 4.96. The Kier molecular flexibility index (Phi) is 4.36. The Bertz CT molecular complexity index is 264. The van der Waals surface area contributed by atoms with Crippen molar-refractivity contribution in [3.63, 3.8) is 0 Å². The van der Waals surface area contributed by atoms with Crippen LogP contribution in [0.5, 0.6) is 0 Å². The number of hydrogen-bond acceptors (Lipinski definition) is 4. The number of rotatable bonds is 4. The van der Waals surface area contributed by atoms with Gasteiger partial charge in [-0.15, -0.1) is 0 Å². The van der Waals surface area contributed by atoms with E-state index in [1.165, 1.54) is 0 Å². The van der Waals surface area contributed by atoms with Gasteiger partial charge in [-0.1, -0.05) is 0 Å². The van der Waals surface area contributed by atoms with E-state index in [-0.39, 0.29) is 6.04 Å². The molecule has 0 aromatic heterocycles. The van der Waals surface area contributed by atoms with Crippen LogP contribution in [-0.4, -0.2) is 86.7 Å². The Labute approximate surface area is 103 Å². The second-order valence-corrected chi connectivity index (χ2v) is 4.96. The van der Waals surface area contributed by atoms with E-state index in [9.17, 15) is 4.79 Å². The Morgan fingerprint density at radius 2 is 1.94 bits per heavy atom. The fourth-order valence-corrected chi connectivity index (χ4v) is 2.62. The van der Waals surface area contributed by atoms with E-state index in [0.717, 1.165) is 45.7 Å². The van der Waals surface area contributed by atoms with Gasteiger partial charge in [0.25, 0.3) is 0 Å². The average Bonchev–Trinajstić information content (AvgIpc) is 2.69. The lowest BCUT2D eigenvalue weighted by Gasteiger charge is -2.35. The van der Waals surface area contributed by atoms with Gasteiger partial charge in [0.2, 0.25) is 5.91 Å². The predicted molar refractivity (Wildman–Crippen MR) is 65.9 cm³/mol. The Hall–Kier alpha value is -0.650. The van der Waals surface area contributed by atoms with Crippen molar-refractivity contribution in [3.8, 4) is 0 Å². The van der Waals surface area contributed by atoms with Gasteiger partial charge in [-0.25, -0.2) is 0 Å². The zero-order valence-corrected chi connectivity index (χ0v) is 10.9. The minimum atomic E-state index is 0.126. The molecule has 0 bridgehead atoms. The van der Waals surface area contributed by atoms with Crippen molar-refractivity contribution in [3.05, 3.63) is 0 Å². The number of carbonyl (C=O) groups excluding carboxylic acids is 1. The molecule has 0 spiro atoms. The van der Waals surface area contributed by atoms with Crippen molar-refractivity contribution in [2.75, 3.05) is 60.0 Å². The quantitative estimate of drug-likeness (QED) is 0.664. The Balaban J connectivity index is 1.84. The summed E-state index contributed by atoms with van der Waals surface area (Å²) in [5.41, 5.74) is 0. The topological polar surface area (TPSA) is 36.0 Å². The first kappa shape index (κ1) is 12.8. The molecule has 0 aromatic rings. The number of piperazine rings is 1. The van der Waals surface area contributed by atoms with Crippen LogP contribution in [0.2, 0.25) is 0 Å². The molecule has 2 heterocycles. The molecule has 0 radical (unpaired) electrons. The van der Waals surface area contributed by atoms with Gasteiger partial charge in [-0.05, 0) is 13.5 Å². The van der Waals surface area contributed by atoms with Crippen LogP contribution in [0.3, 0.4) is 0 Å². The van der Waals surface area contributed by atoms with Gasteiger partial charge in [0, 0.05) is 46.4 Å². The highest BCUT2D eigenvalue weighted by Crippen LogP contribution is 2.18. The van der Waals surface area contributed by atoms with Crippen molar-refractivity contribution in [2.24, 2.45) is 0 Å². The molecule has 2 fully saturated rings. The summed E-state index contributed by atoms with van der Waals surface area (Å²) in [7, 11) is 3.82. The summed E-state index contributed by atoms with van der Waals surface area (Å²) < 4.78 is 5.03. The summed E-state index contributed by atoms with van der Waals surface area (Å²) in [6.07, 6.45) is 0.978. The number of amides is 1. The normalized spacial score (nSPS) is 28.0. The van der Waals surface area contributed by atoms with Crippen molar-refractivity contribution in [2.45, 2.75) is 12.5 Å². The van der Waals surface area contributed by atoms with Crippen LogP contribution in [0.1, 0.15) is 6.42 Å². The van der Waals surface area contributed by atoms with Crippen LogP contribution in [-0.2, 0) is 9.53 Å². The molecule has 17 heavy (non-hydrogen) atoms. The first-order valence-corrected chi connectivity index (χ1v) is 6.42. The third-order valence-corrected chi connectivity index (χ3v) is 3.81. The van der Waals surface area contributed by atoms with E-state index in [0.29, 0.717) is 12.5 Å². The fourth-order valence-electron chi connectivity index (χ4n) is 2.62. The molecular weight excluding hydrogens is 218 g/mol. The molecule has 2 aliphatic rings. The molecule has 1 atom stereocenters. The molecule has 0 saturated carbocycles. The first-order chi connectivity index (χ1) is 8.22. The number of likely N-dealkylation sites (tertiary alicyclic amines) is 1. The molecule has 5 heteroatoms. The molecule has 0 aliphatic carbocycles. The third kappa shape index (κ3) is 2.97. The first-order valence-electron chi connectivity index (χ1n) is 6.42. The predicted octanol–water partition coefficient (Wildman–Crippen LogP) is -0.519.